The van der Waals surface area contributed by atoms with Gasteiger partial charge in [0.05, 0.1) is 18.9 Å². The van der Waals surface area contributed by atoms with Gasteiger partial charge in [0, 0.05) is 18.0 Å². The molecule has 0 aliphatic heterocycles. The van der Waals surface area contributed by atoms with Crippen molar-refractivity contribution in [3.8, 4) is 0 Å². The molecule has 0 saturated heterocycles. The third-order valence-electron chi connectivity index (χ3n) is 8.27. The molecule has 3 aliphatic carbocycles. The number of ether oxygens (including phenoxy) is 1. The summed E-state index contributed by atoms with van der Waals surface area (Å²) in [5, 5.41) is 9.78. The number of anilines is 1. The van der Waals surface area contributed by atoms with E-state index in [-0.39, 0.29) is 12.1 Å². The number of hydrogen-bond donors (Lipinski definition) is 1. The number of carbonyl (C=O) groups excluding carboxylic acids is 1. The molecule has 0 amide bonds. The quantitative estimate of drug-likeness (QED) is 0.440. The van der Waals surface area contributed by atoms with Crippen molar-refractivity contribution in [2.75, 3.05) is 19.1 Å². The van der Waals surface area contributed by atoms with Crippen LogP contribution in [0, 0.1) is 17.3 Å². The molecule has 3 aliphatic rings. The van der Waals surface area contributed by atoms with Crippen molar-refractivity contribution in [2.45, 2.75) is 110 Å². The predicted molar refractivity (Wildman–Crippen MR) is 145 cm³/mol. The van der Waals surface area contributed by atoms with Crippen LogP contribution < -0.4 is 4.90 Å². The van der Waals surface area contributed by atoms with E-state index in [1.807, 2.05) is 0 Å². The lowest BCUT2D eigenvalue weighted by molar-refractivity contribution is 0.0606. The molecule has 1 aromatic heterocycles. The summed E-state index contributed by atoms with van der Waals surface area (Å²) in [5.41, 5.74) is 2.70. The molecule has 192 valence electrons. The highest BCUT2D eigenvalue weighted by Crippen LogP contribution is 2.43. The second-order valence-corrected chi connectivity index (χ2v) is 12.9. The van der Waals surface area contributed by atoms with Crippen LogP contribution in [0.25, 0.3) is 5.57 Å². The number of rotatable bonds is 4. The number of nitrogens with zero attached hydrogens (tertiary/aromatic N) is 1. The summed E-state index contributed by atoms with van der Waals surface area (Å²) in [6.45, 7) is 9.36. The van der Waals surface area contributed by atoms with Crippen LogP contribution in [-0.4, -0.2) is 37.4 Å². The van der Waals surface area contributed by atoms with Gasteiger partial charge in [-0.05, 0) is 73.8 Å². The molecule has 0 aromatic carbocycles. The first kappa shape index (κ1) is 27.3. The van der Waals surface area contributed by atoms with Crippen LogP contribution >= 0.6 is 11.3 Å². The van der Waals surface area contributed by atoms with Gasteiger partial charge in [0.15, 0.2) is 0 Å². The van der Waals surface area contributed by atoms with Crippen molar-refractivity contribution in [2.24, 2.45) is 17.3 Å². The van der Waals surface area contributed by atoms with Gasteiger partial charge in [-0.2, -0.15) is 0 Å². The van der Waals surface area contributed by atoms with Crippen LogP contribution in [0.2, 0.25) is 0 Å². The topological polar surface area (TPSA) is 49.8 Å². The molecule has 2 saturated carbocycles. The van der Waals surface area contributed by atoms with E-state index in [0.29, 0.717) is 16.3 Å². The van der Waals surface area contributed by atoms with Crippen molar-refractivity contribution >= 4 is 28.6 Å². The normalized spacial score (nSPS) is 28.9. The maximum atomic E-state index is 12.4. The first-order valence-electron chi connectivity index (χ1n) is 13.4. The monoisotopic (exact) mass is 489 g/mol. The van der Waals surface area contributed by atoms with Crippen molar-refractivity contribution in [1.82, 2.24) is 0 Å². The van der Waals surface area contributed by atoms with E-state index in [2.05, 4.69) is 51.8 Å². The lowest BCUT2D eigenvalue weighted by atomic mass is 9.78. The van der Waals surface area contributed by atoms with Crippen LogP contribution in [0.15, 0.2) is 12.1 Å². The highest BCUT2D eigenvalue weighted by molar-refractivity contribution is 7.15. The molecule has 1 aromatic rings. The number of thiophene rings is 1. The van der Waals surface area contributed by atoms with E-state index >= 15 is 0 Å². The van der Waals surface area contributed by atoms with Gasteiger partial charge in [-0.3, -0.25) is 0 Å². The number of esters is 1. The third-order valence-corrected chi connectivity index (χ3v) is 9.45. The van der Waals surface area contributed by atoms with Gasteiger partial charge in [0.1, 0.15) is 4.88 Å². The number of hydrogen-bond acceptors (Lipinski definition) is 5. The minimum Gasteiger partial charge on any atom is -0.465 e. The lowest BCUT2D eigenvalue weighted by Crippen LogP contribution is -2.36. The Balaban J connectivity index is 0.000000343. The lowest BCUT2D eigenvalue weighted by Gasteiger charge is -2.34. The Morgan fingerprint density at radius 3 is 2.15 bits per heavy atom. The molecule has 0 atom stereocenters. The zero-order valence-electron chi connectivity index (χ0n) is 22.4. The van der Waals surface area contributed by atoms with Gasteiger partial charge in [-0.1, -0.05) is 59.5 Å². The average Bonchev–Trinajstić information content (AvgIpc) is 3.26. The molecule has 0 unspecified atom stereocenters. The van der Waals surface area contributed by atoms with Gasteiger partial charge < -0.3 is 14.7 Å². The molecule has 34 heavy (non-hydrogen) atoms. The smallest absolute Gasteiger partial charge is 0.350 e. The number of aliphatic hydroxyl groups excluding tert-OH is 1. The first-order chi connectivity index (χ1) is 16.1. The molecule has 4 rings (SSSR count). The minimum atomic E-state index is -0.254. The fourth-order valence-electron chi connectivity index (χ4n) is 5.41. The molecule has 1 N–H and O–H groups in total. The molecular weight excluding hydrogens is 442 g/mol. The van der Waals surface area contributed by atoms with E-state index in [9.17, 15) is 9.90 Å². The fourth-order valence-corrected chi connectivity index (χ4v) is 6.59. The van der Waals surface area contributed by atoms with Gasteiger partial charge in [0.25, 0.3) is 0 Å². The highest BCUT2D eigenvalue weighted by atomic mass is 32.1. The van der Waals surface area contributed by atoms with Gasteiger partial charge in [-0.15, -0.1) is 11.3 Å². The number of methoxy groups -OCH3 is 1. The summed E-state index contributed by atoms with van der Waals surface area (Å²) < 4.78 is 5.05. The summed E-state index contributed by atoms with van der Waals surface area (Å²) >= 11 is 1.56. The fraction of sp³-hybridized carbons (Fsp3) is 0.759. The summed E-state index contributed by atoms with van der Waals surface area (Å²) in [5.74, 6) is 1.79. The van der Waals surface area contributed by atoms with Gasteiger partial charge in [0.2, 0.25) is 0 Å². The summed E-state index contributed by atoms with van der Waals surface area (Å²) in [7, 11) is 3.52. The zero-order chi connectivity index (χ0) is 24.9. The van der Waals surface area contributed by atoms with Crippen molar-refractivity contribution < 1.29 is 14.6 Å². The minimum absolute atomic E-state index is 0.173. The van der Waals surface area contributed by atoms with Gasteiger partial charge in [-0.25, -0.2) is 4.79 Å². The molecule has 4 nitrogen and oxygen atoms in total. The summed E-state index contributed by atoms with van der Waals surface area (Å²) in [6.07, 6.45) is 15.0. The highest BCUT2D eigenvalue weighted by Gasteiger charge is 2.29. The van der Waals surface area contributed by atoms with Crippen LogP contribution in [0.1, 0.15) is 113 Å². The Labute approximate surface area is 211 Å². The van der Waals surface area contributed by atoms with E-state index in [0.717, 1.165) is 56.0 Å². The van der Waals surface area contributed by atoms with E-state index < -0.39 is 0 Å². The number of aliphatic hydroxyl groups is 1. The number of carbonyl (C=O) groups is 1. The standard InChI is InChI=1S/C21H31NO3S.C8H16/c1-21(2)11-9-14(10-12-21)18-13-17(19(26-18)20(24)25-4)22(3)15-5-7-16(23)8-6-15;1-7-3-5-8(2)6-4-7/h9,13,15-16,23H,5-8,10-12H2,1-4H3;7-8H,3-6H2,1-2H3. The van der Waals surface area contributed by atoms with Crippen LogP contribution in [0.4, 0.5) is 5.69 Å². The predicted octanol–water partition coefficient (Wildman–Crippen LogP) is 7.70. The average molecular weight is 490 g/mol. The third kappa shape index (κ3) is 7.34. The van der Waals surface area contributed by atoms with Gasteiger partial charge >= 0.3 is 5.97 Å². The molecule has 0 bridgehead atoms. The Kier molecular flexibility index (Phi) is 9.68. The molecule has 1 heterocycles. The van der Waals surface area contributed by atoms with E-state index in [1.165, 1.54) is 49.7 Å². The Bertz CT molecular complexity index is 816. The van der Waals surface area contributed by atoms with Crippen molar-refractivity contribution in [1.29, 1.82) is 0 Å². The Morgan fingerprint density at radius 1 is 1.06 bits per heavy atom. The molecular formula is C29H47NO3S. The molecule has 0 spiro atoms. The maximum Gasteiger partial charge on any atom is 0.350 e. The zero-order valence-corrected chi connectivity index (χ0v) is 23.2. The molecule has 0 radical (unpaired) electrons. The van der Waals surface area contributed by atoms with Crippen molar-refractivity contribution in [3.05, 3.63) is 21.9 Å². The first-order valence-corrected chi connectivity index (χ1v) is 14.2. The van der Waals surface area contributed by atoms with Crippen molar-refractivity contribution in [3.63, 3.8) is 0 Å². The Morgan fingerprint density at radius 2 is 1.65 bits per heavy atom. The summed E-state index contributed by atoms with van der Waals surface area (Å²) in [6, 6.07) is 2.54. The SMILES string of the molecule is CC1CCC(C)CC1.COC(=O)c1sc(C2=CCC(C)(C)CC2)cc1N(C)C1CCC(O)CC1. The van der Waals surface area contributed by atoms with Crippen LogP contribution in [0.3, 0.4) is 0 Å². The van der Waals surface area contributed by atoms with Crippen LogP contribution in [-0.2, 0) is 4.74 Å². The second kappa shape index (κ2) is 12.1. The van der Waals surface area contributed by atoms with E-state index in [4.69, 9.17) is 4.74 Å². The number of allylic oxidation sites excluding steroid dienone is 2. The summed E-state index contributed by atoms with van der Waals surface area (Å²) in [4.78, 5) is 16.5. The largest absolute Gasteiger partial charge is 0.465 e. The van der Waals surface area contributed by atoms with E-state index in [1.54, 1.807) is 11.3 Å². The Hall–Kier alpha value is -1.33. The second-order valence-electron chi connectivity index (χ2n) is 11.9. The molecule has 5 heteroatoms. The maximum absolute atomic E-state index is 12.4. The molecule has 2 fully saturated rings. The van der Waals surface area contributed by atoms with Crippen LogP contribution in [0.5, 0.6) is 0 Å².